The second-order valence-corrected chi connectivity index (χ2v) is 5.59. The molecule has 0 heterocycles. The molecule has 0 spiro atoms. The molecule has 0 aliphatic rings. The Hall–Kier alpha value is -2.01. The number of hydrogen-bond donors (Lipinski definition) is 1. The highest BCUT2D eigenvalue weighted by Gasteiger charge is 2.14. The van der Waals surface area contributed by atoms with E-state index in [9.17, 15) is 4.79 Å². The summed E-state index contributed by atoms with van der Waals surface area (Å²) in [5.41, 5.74) is 1.42. The van der Waals surface area contributed by atoms with Gasteiger partial charge in [-0.15, -0.1) is 0 Å². The molecule has 0 amide bonds. The van der Waals surface area contributed by atoms with Crippen molar-refractivity contribution in [3.8, 4) is 11.5 Å². The summed E-state index contributed by atoms with van der Waals surface area (Å²) < 4.78 is 11.5. The number of aryl methyl sites for hydroxylation is 1. The average molecular weight is 365 g/mol. The number of carbonyl (C=O) groups is 1. The Kier molecular flexibility index (Phi) is 5.83. The van der Waals surface area contributed by atoms with Crippen molar-refractivity contribution < 1.29 is 19.4 Å². The van der Waals surface area contributed by atoms with E-state index in [0.717, 1.165) is 12.8 Å². The summed E-state index contributed by atoms with van der Waals surface area (Å²) in [5.74, 6) is -0.0679. The molecule has 0 saturated heterocycles. The Morgan fingerprint density at radius 3 is 2.59 bits per heavy atom. The van der Waals surface area contributed by atoms with Gasteiger partial charge in [0, 0.05) is 0 Å². The Bertz CT molecular complexity index is 641. The first-order valence-electron chi connectivity index (χ1n) is 6.89. The summed E-state index contributed by atoms with van der Waals surface area (Å²) >= 11 is 3.34. The predicted molar refractivity (Wildman–Crippen MR) is 87.9 cm³/mol. The summed E-state index contributed by atoms with van der Waals surface area (Å²) in [5, 5.41) is 9.04. The highest BCUT2D eigenvalue weighted by atomic mass is 79.9. The highest BCUT2D eigenvalue weighted by Crippen LogP contribution is 2.36. The molecule has 0 aromatic heterocycles. The van der Waals surface area contributed by atoms with Crippen LogP contribution in [0.4, 0.5) is 0 Å². The molecule has 0 unspecified atom stereocenters. The highest BCUT2D eigenvalue weighted by molar-refractivity contribution is 9.10. The number of methoxy groups -OCH3 is 1. The van der Waals surface area contributed by atoms with Crippen LogP contribution in [-0.4, -0.2) is 24.8 Å². The molecule has 2 aromatic rings. The summed E-state index contributed by atoms with van der Waals surface area (Å²) in [6, 6.07) is 13.2. The lowest BCUT2D eigenvalue weighted by Gasteiger charge is -2.13. The first kappa shape index (κ1) is 16.4. The summed E-state index contributed by atoms with van der Waals surface area (Å²) in [6.45, 7) is 0.524. The largest absolute Gasteiger partial charge is 0.493 e. The maximum absolute atomic E-state index is 11.0. The maximum atomic E-state index is 11.0. The molecule has 0 atom stereocenters. The van der Waals surface area contributed by atoms with Crippen molar-refractivity contribution in [1.82, 2.24) is 0 Å². The van der Waals surface area contributed by atoms with Crippen LogP contribution >= 0.6 is 15.9 Å². The third-order valence-electron chi connectivity index (χ3n) is 3.18. The maximum Gasteiger partial charge on any atom is 0.335 e. The van der Waals surface area contributed by atoms with Crippen LogP contribution in [0.1, 0.15) is 22.3 Å². The van der Waals surface area contributed by atoms with Crippen molar-refractivity contribution in [2.75, 3.05) is 13.7 Å². The van der Waals surface area contributed by atoms with Gasteiger partial charge >= 0.3 is 5.97 Å². The fourth-order valence-electron chi connectivity index (χ4n) is 2.08. The van der Waals surface area contributed by atoms with Crippen LogP contribution in [0.15, 0.2) is 46.9 Å². The van der Waals surface area contributed by atoms with Crippen molar-refractivity contribution in [3.05, 3.63) is 58.1 Å². The Morgan fingerprint density at radius 1 is 1.23 bits per heavy atom. The fraction of sp³-hybridized carbons (Fsp3) is 0.235. The van der Waals surface area contributed by atoms with Gasteiger partial charge in [0.25, 0.3) is 0 Å². The van der Waals surface area contributed by atoms with Crippen LogP contribution < -0.4 is 9.47 Å². The molecule has 5 heteroatoms. The standard InChI is InChI=1S/C17H17BrO4/c1-21-15-11-13(17(19)20)10-14(18)16(15)22-9-5-8-12-6-3-2-4-7-12/h2-4,6-7,10-11H,5,8-9H2,1H3,(H,19,20). The van der Waals surface area contributed by atoms with Gasteiger partial charge in [-0.05, 0) is 46.5 Å². The Balaban J connectivity index is 1.99. The number of halogens is 1. The Morgan fingerprint density at radius 2 is 1.95 bits per heavy atom. The van der Waals surface area contributed by atoms with Crippen LogP contribution in [0.3, 0.4) is 0 Å². The zero-order valence-corrected chi connectivity index (χ0v) is 13.8. The van der Waals surface area contributed by atoms with Crippen molar-refractivity contribution >= 4 is 21.9 Å². The number of carboxylic acids is 1. The molecule has 0 bridgehead atoms. The fourth-order valence-corrected chi connectivity index (χ4v) is 2.64. The molecule has 0 fully saturated rings. The Labute approximate surface area is 137 Å². The minimum atomic E-state index is -1.00. The molecular formula is C17H17BrO4. The van der Waals surface area contributed by atoms with E-state index in [2.05, 4.69) is 28.1 Å². The van der Waals surface area contributed by atoms with Crippen molar-refractivity contribution in [2.24, 2.45) is 0 Å². The number of ether oxygens (including phenoxy) is 2. The minimum absolute atomic E-state index is 0.153. The van der Waals surface area contributed by atoms with Crippen LogP contribution in [0.2, 0.25) is 0 Å². The number of aromatic carboxylic acids is 1. The first-order chi connectivity index (χ1) is 10.6. The first-order valence-corrected chi connectivity index (χ1v) is 7.68. The van der Waals surface area contributed by atoms with Crippen molar-refractivity contribution in [1.29, 1.82) is 0 Å². The summed E-state index contributed by atoms with van der Waals surface area (Å²) in [6.07, 6.45) is 1.79. The van der Waals surface area contributed by atoms with E-state index in [4.69, 9.17) is 14.6 Å². The van der Waals surface area contributed by atoms with Crippen LogP contribution in [-0.2, 0) is 6.42 Å². The van der Waals surface area contributed by atoms with Gasteiger partial charge in [-0.2, -0.15) is 0 Å². The van der Waals surface area contributed by atoms with E-state index in [1.807, 2.05) is 18.2 Å². The number of hydrogen-bond acceptors (Lipinski definition) is 3. The zero-order chi connectivity index (χ0) is 15.9. The van der Waals surface area contributed by atoms with Gasteiger partial charge < -0.3 is 14.6 Å². The van der Waals surface area contributed by atoms with E-state index < -0.39 is 5.97 Å². The molecule has 0 radical (unpaired) electrons. The smallest absolute Gasteiger partial charge is 0.335 e. The monoisotopic (exact) mass is 364 g/mol. The van der Waals surface area contributed by atoms with Gasteiger partial charge in [-0.25, -0.2) is 4.79 Å². The topological polar surface area (TPSA) is 55.8 Å². The van der Waals surface area contributed by atoms with Crippen molar-refractivity contribution in [2.45, 2.75) is 12.8 Å². The van der Waals surface area contributed by atoms with Crippen LogP contribution in [0.25, 0.3) is 0 Å². The normalized spacial score (nSPS) is 10.3. The van der Waals surface area contributed by atoms with Crippen LogP contribution in [0, 0.1) is 0 Å². The molecule has 22 heavy (non-hydrogen) atoms. The lowest BCUT2D eigenvalue weighted by Crippen LogP contribution is -2.04. The number of rotatable bonds is 7. The van der Waals surface area contributed by atoms with Crippen molar-refractivity contribution in [3.63, 3.8) is 0 Å². The molecule has 4 nitrogen and oxygen atoms in total. The summed E-state index contributed by atoms with van der Waals surface area (Å²) in [7, 11) is 1.49. The molecule has 1 N–H and O–H groups in total. The van der Waals surface area contributed by atoms with Gasteiger partial charge in [0.2, 0.25) is 0 Å². The second-order valence-electron chi connectivity index (χ2n) is 4.73. The quantitative estimate of drug-likeness (QED) is 0.749. The molecule has 0 aliphatic heterocycles. The zero-order valence-electron chi connectivity index (χ0n) is 12.2. The van der Waals surface area contributed by atoms with E-state index in [-0.39, 0.29) is 5.56 Å². The second kappa shape index (κ2) is 7.84. The lowest BCUT2D eigenvalue weighted by atomic mass is 10.1. The van der Waals surface area contributed by atoms with Gasteiger partial charge in [-0.1, -0.05) is 30.3 Å². The van der Waals surface area contributed by atoms with Gasteiger partial charge in [0.1, 0.15) is 0 Å². The lowest BCUT2D eigenvalue weighted by molar-refractivity contribution is 0.0696. The van der Waals surface area contributed by atoms with E-state index in [1.54, 1.807) is 0 Å². The van der Waals surface area contributed by atoms with Crippen LogP contribution in [0.5, 0.6) is 11.5 Å². The SMILES string of the molecule is COc1cc(C(=O)O)cc(Br)c1OCCCc1ccccc1. The summed E-state index contributed by atoms with van der Waals surface area (Å²) in [4.78, 5) is 11.0. The van der Waals surface area contributed by atoms with Gasteiger partial charge in [-0.3, -0.25) is 0 Å². The minimum Gasteiger partial charge on any atom is -0.493 e. The van der Waals surface area contributed by atoms with E-state index >= 15 is 0 Å². The molecule has 2 aromatic carbocycles. The molecule has 116 valence electrons. The molecule has 0 aliphatic carbocycles. The number of benzene rings is 2. The third kappa shape index (κ3) is 4.24. The molecule has 0 saturated carbocycles. The molecule has 2 rings (SSSR count). The molecular weight excluding hydrogens is 348 g/mol. The third-order valence-corrected chi connectivity index (χ3v) is 3.76. The predicted octanol–water partition coefficient (Wildman–Crippen LogP) is 4.17. The van der Waals surface area contributed by atoms with E-state index in [1.165, 1.54) is 24.8 Å². The average Bonchev–Trinajstić information content (AvgIpc) is 2.53. The number of carboxylic acid groups (broad SMARTS) is 1. The van der Waals surface area contributed by atoms with Gasteiger partial charge in [0.15, 0.2) is 11.5 Å². The van der Waals surface area contributed by atoms with Gasteiger partial charge in [0.05, 0.1) is 23.8 Å². The van der Waals surface area contributed by atoms with E-state index in [0.29, 0.717) is 22.6 Å².